The molecule has 0 saturated carbocycles. The molecule has 9 heteroatoms. The van der Waals surface area contributed by atoms with Crippen LogP contribution in [0.5, 0.6) is 11.5 Å². The number of phenolic OH excluding ortho intramolecular Hbond substituents is 1. The topological polar surface area (TPSA) is 107 Å². The van der Waals surface area contributed by atoms with E-state index in [4.69, 9.17) is 4.74 Å². The standard InChI is InChI=1S/C13H10BrNO6S/c1-21-8-3-6(2-7(14)11(8)18)4-9-12(19)15(5-10(16)17)13(20)22-9/h2-4,18H,5H2,1H3,(H,16,17)/p-1/b9-4+. The predicted molar refractivity (Wildman–Crippen MR) is 80.0 cm³/mol. The smallest absolute Gasteiger partial charge is 0.293 e. The maximum Gasteiger partial charge on any atom is 0.293 e. The number of halogens is 1. The summed E-state index contributed by atoms with van der Waals surface area (Å²) in [6.45, 7) is -0.787. The van der Waals surface area contributed by atoms with E-state index in [0.29, 0.717) is 26.7 Å². The number of hydrogen-bond acceptors (Lipinski definition) is 7. The molecule has 1 aromatic rings. The molecule has 0 aromatic heterocycles. The molecule has 1 fully saturated rings. The van der Waals surface area contributed by atoms with Crippen molar-refractivity contribution in [3.8, 4) is 11.5 Å². The summed E-state index contributed by atoms with van der Waals surface area (Å²) in [5, 5.41) is 19.6. The van der Waals surface area contributed by atoms with Crippen molar-refractivity contribution in [2.24, 2.45) is 0 Å². The Hall–Kier alpha value is -2.00. The van der Waals surface area contributed by atoms with Crippen molar-refractivity contribution in [1.82, 2.24) is 4.90 Å². The van der Waals surface area contributed by atoms with Crippen LogP contribution in [0.3, 0.4) is 0 Å². The first-order valence-corrected chi connectivity index (χ1v) is 7.46. The number of rotatable bonds is 4. The van der Waals surface area contributed by atoms with E-state index in [0.717, 1.165) is 0 Å². The van der Waals surface area contributed by atoms with Crippen LogP contribution in [0.25, 0.3) is 6.08 Å². The SMILES string of the molecule is COc1cc(/C=C2/SC(=O)N(CC(=O)[O-])C2=O)cc(Br)c1O. The molecular formula is C13H9BrNO6S-. The highest BCUT2D eigenvalue weighted by atomic mass is 79.9. The first-order chi connectivity index (χ1) is 10.3. The molecule has 0 bridgehead atoms. The van der Waals surface area contributed by atoms with Gasteiger partial charge in [-0.15, -0.1) is 0 Å². The number of methoxy groups -OCH3 is 1. The summed E-state index contributed by atoms with van der Waals surface area (Å²) >= 11 is 3.78. The maximum atomic E-state index is 12.0. The zero-order valence-corrected chi connectivity index (χ0v) is 13.6. The highest BCUT2D eigenvalue weighted by Crippen LogP contribution is 2.37. The minimum absolute atomic E-state index is 0.0749. The number of carbonyl (C=O) groups excluding carboxylic acids is 3. The third kappa shape index (κ3) is 3.25. The Kier molecular flexibility index (Phi) is 4.77. The number of benzene rings is 1. The number of carbonyl (C=O) groups is 3. The fourth-order valence-electron chi connectivity index (χ4n) is 1.75. The summed E-state index contributed by atoms with van der Waals surface area (Å²) in [5.74, 6) is -2.13. The van der Waals surface area contributed by atoms with E-state index < -0.39 is 23.7 Å². The number of nitrogens with zero attached hydrogens (tertiary/aromatic N) is 1. The van der Waals surface area contributed by atoms with Gasteiger partial charge in [-0.2, -0.15) is 0 Å². The summed E-state index contributed by atoms with van der Waals surface area (Å²) in [4.78, 5) is 34.8. The lowest BCUT2D eigenvalue weighted by atomic mass is 10.2. The van der Waals surface area contributed by atoms with Crippen LogP contribution in [0.15, 0.2) is 21.5 Å². The summed E-state index contributed by atoms with van der Waals surface area (Å²) in [5.41, 5.74) is 0.500. The summed E-state index contributed by atoms with van der Waals surface area (Å²) in [6, 6.07) is 3.01. The van der Waals surface area contributed by atoms with E-state index in [1.54, 1.807) is 0 Å². The van der Waals surface area contributed by atoms with E-state index in [9.17, 15) is 24.6 Å². The monoisotopic (exact) mass is 386 g/mol. The molecule has 1 N–H and O–H groups in total. The number of hydrogen-bond donors (Lipinski definition) is 1. The number of phenols is 1. The molecule has 116 valence electrons. The molecule has 0 radical (unpaired) electrons. The van der Waals surface area contributed by atoms with Crippen LogP contribution < -0.4 is 9.84 Å². The molecule has 0 atom stereocenters. The first kappa shape index (κ1) is 16.4. The van der Waals surface area contributed by atoms with Gasteiger partial charge in [-0.1, -0.05) is 0 Å². The number of imide groups is 1. The van der Waals surface area contributed by atoms with E-state index in [-0.39, 0.29) is 16.4 Å². The number of ether oxygens (including phenoxy) is 1. The zero-order chi connectivity index (χ0) is 16.4. The largest absolute Gasteiger partial charge is 0.548 e. The van der Waals surface area contributed by atoms with Crippen molar-refractivity contribution in [3.63, 3.8) is 0 Å². The Morgan fingerprint density at radius 3 is 2.77 bits per heavy atom. The van der Waals surface area contributed by atoms with Crippen molar-refractivity contribution in [2.75, 3.05) is 13.7 Å². The van der Waals surface area contributed by atoms with E-state index in [1.807, 2.05) is 0 Å². The average molecular weight is 387 g/mol. The van der Waals surface area contributed by atoms with E-state index >= 15 is 0 Å². The third-order valence-corrected chi connectivity index (χ3v) is 4.24. The highest BCUT2D eigenvalue weighted by Gasteiger charge is 2.34. The Labute approximate surface area is 137 Å². The Morgan fingerprint density at radius 2 is 2.18 bits per heavy atom. The van der Waals surface area contributed by atoms with Crippen LogP contribution in [0.1, 0.15) is 5.56 Å². The van der Waals surface area contributed by atoms with Crippen LogP contribution in [0.2, 0.25) is 0 Å². The fourth-order valence-corrected chi connectivity index (χ4v) is 3.05. The number of aliphatic carboxylic acids is 1. The molecule has 1 aliphatic heterocycles. The molecule has 0 aliphatic carbocycles. The lowest BCUT2D eigenvalue weighted by Crippen LogP contribution is -2.40. The first-order valence-electron chi connectivity index (χ1n) is 5.85. The van der Waals surface area contributed by atoms with Gasteiger partial charge in [0.15, 0.2) is 11.5 Å². The van der Waals surface area contributed by atoms with Crippen molar-refractivity contribution in [2.45, 2.75) is 0 Å². The lowest BCUT2D eigenvalue weighted by molar-refractivity contribution is -0.305. The minimum Gasteiger partial charge on any atom is -0.548 e. The van der Waals surface area contributed by atoms with Gasteiger partial charge in [0.05, 0.1) is 29.0 Å². The second kappa shape index (κ2) is 6.41. The van der Waals surface area contributed by atoms with Crippen molar-refractivity contribution in [1.29, 1.82) is 0 Å². The molecular weight excluding hydrogens is 378 g/mol. The summed E-state index contributed by atoms with van der Waals surface area (Å²) < 4.78 is 5.34. The zero-order valence-electron chi connectivity index (χ0n) is 11.2. The molecule has 2 amide bonds. The van der Waals surface area contributed by atoms with E-state index in [1.165, 1.54) is 25.3 Å². The van der Waals surface area contributed by atoms with E-state index in [2.05, 4.69) is 15.9 Å². The predicted octanol–water partition coefficient (Wildman–Crippen LogP) is 0.949. The maximum absolute atomic E-state index is 12.0. The molecule has 0 spiro atoms. The number of aromatic hydroxyl groups is 1. The molecule has 1 aromatic carbocycles. The van der Waals surface area contributed by atoms with Gasteiger partial charge in [0.1, 0.15) is 0 Å². The third-order valence-electron chi connectivity index (χ3n) is 2.73. The van der Waals surface area contributed by atoms with Crippen molar-refractivity contribution < 1.29 is 29.3 Å². The Balaban J connectivity index is 2.34. The normalized spacial score (nSPS) is 16.5. The van der Waals surface area contributed by atoms with Gasteiger partial charge in [0.25, 0.3) is 11.1 Å². The molecule has 1 aliphatic rings. The molecule has 0 unspecified atom stereocenters. The Morgan fingerprint density at radius 1 is 1.50 bits per heavy atom. The van der Waals surface area contributed by atoms with Crippen LogP contribution in [0, 0.1) is 0 Å². The van der Waals surface area contributed by atoms with Crippen LogP contribution in [-0.2, 0) is 9.59 Å². The lowest BCUT2D eigenvalue weighted by Gasteiger charge is -2.12. The second-order valence-corrected chi connectivity index (χ2v) is 6.04. The molecule has 22 heavy (non-hydrogen) atoms. The minimum atomic E-state index is -1.52. The van der Waals surface area contributed by atoms with Crippen LogP contribution >= 0.6 is 27.7 Å². The quantitative estimate of drug-likeness (QED) is 0.767. The average Bonchev–Trinajstić information content (AvgIpc) is 2.70. The van der Waals surface area contributed by atoms with Gasteiger partial charge in [-0.05, 0) is 51.5 Å². The highest BCUT2D eigenvalue weighted by molar-refractivity contribution is 9.10. The molecule has 7 nitrogen and oxygen atoms in total. The second-order valence-electron chi connectivity index (χ2n) is 4.19. The van der Waals surface area contributed by atoms with Crippen LogP contribution in [0.4, 0.5) is 4.79 Å². The molecule has 1 heterocycles. The number of amides is 2. The van der Waals surface area contributed by atoms with Gasteiger partial charge < -0.3 is 19.7 Å². The van der Waals surface area contributed by atoms with Gasteiger partial charge >= 0.3 is 0 Å². The van der Waals surface area contributed by atoms with Gasteiger partial charge in [-0.3, -0.25) is 14.5 Å². The molecule has 1 saturated heterocycles. The van der Waals surface area contributed by atoms with Gasteiger partial charge in [-0.25, -0.2) is 0 Å². The fraction of sp³-hybridized carbons (Fsp3) is 0.154. The summed E-state index contributed by atoms with van der Waals surface area (Å²) in [6.07, 6.45) is 1.41. The molecule has 2 rings (SSSR count). The Bertz CT molecular complexity index is 702. The van der Waals surface area contributed by atoms with Crippen molar-refractivity contribution >= 4 is 50.9 Å². The number of carboxylic acid groups (broad SMARTS) is 1. The number of carboxylic acids is 1. The van der Waals surface area contributed by atoms with Crippen LogP contribution in [-0.4, -0.2) is 40.8 Å². The number of thioether (sulfide) groups is 1. The van der Waals surface area contributed by atoms with Crippen molar-refractivity contribution in [3.05, 3.63) is 27.1 Å². The van der Waals surface area contributed by atoms with Gasteiger partial charge in [0, 0.05) is 0 Å². The summed E-state index contributed by atoms with van der Waals surface area (Å²) in [7, 11) is 1.37. The van der Waals surface area contributed by atoms with Gasteiger partial charge in [0.2, 0.25) is 0 Å².